The van der Waals surface area contributed by atoms with E-state index < -0.39 is 41.5 Å². The van der Waals surface area contributed by atoms with E-state index in [0.717, 1.165) is 17.3 Å². The molecule has 0 saturated carbocycles. The molecule has 6 rings (SSSR count). The van der Waals surface area contributed by atoms with Gasteiger partial charge in [-0.25, -0.2) is 19.4 Å². The summed E-state index contributed by atoms with van der Waals surface area (Å²) in [6.45, 7) is 5.60. The van der Waals surface area contributed by atoms with Crippen LogP contribution in [0.4, 0.5) is 40.0 Å². The third kappa shape index (κ3) is 9.35. The molecule has 2 fully saturated rings. The molecule has 3 aliphatic rings. The number of halogens is 4. The molecular weight excluding hydrogens is 743 g/mol. The SMILES string of the molecule is CC(C)OC(=O)c1ccc(N2CCN(C(=O)[C@@H](Cc3cc(Cl)c(N)c(C(F)(F)F)c3)OC(=O)N3CCC(N4CCc5ccccc5NC4=O)CC3)CC2)nc1. The van der Waals surface area contributed by atoms with E-state index in [1.54, 1.807) is 30.9 Å². The van der Waals surface area contributed by atoms with Crippen LogP contribution in [0.2, 0.25) is 5.02 Å². The average Bonchev–Trinajstić information content (AvgIpc) is 3.33. The predicted molar refractivity (Wildman–Crippen MR) is 199 cm³/mol. The number of pyridine rings is 1. The molecule has 1 atom stereocenters. The van der Waals surface area contributed by atoms with Crippen LogP contribution in [0.3, 0.4) is 0 Å². The van der Waals surface area contributed by atoms with Crippen molar-refractivity contribution in [3.63, 3.8) is 0 Å². The topological polar surface area (TPSA) is 151 Å². The van der Waals surface area contributed by atoms with Gasteiger partial charge in [-0.1, -0.05) is 29.8 Å². The number of benzene rings is 2. The number of carbonyl (C=O) groups is 4. The van der Waals surface area contributed by atoms with Gasteiger partial charge in [-0.05, 0) is 74.6 Å². The lowest BCUT2D eigenvalue weighted by molar-refractivity contribution is -0.141. The molecular formula is C38H43ClF3N7O6. The van der Waals surface area contributed by atoms with Crippen molar-refractivity contribution in [2.24, 2.45) is 0 Å². The van der Waals surface area contributed by atoms with E-state index in [2.05, 4.69) is 10.3 Å². The first-order chi connectivity index (χ1) is 26.2. The molecule has 13 nitrogen and oxygen atoms in total. The third-order valence-electron chi connectivity index (χ3n) is 9.98. The molecule has 0 spiro atoms. The van der Waals surface area contributed by atoms with Gasteiger partial charge in [0.2, 0.25) is 0 Å². The van der Waals surface area contributed by atoms with E-state index in [-0.39, 0.29) is 61.4 Å². The lowest BCUT2D eigenvalue weighted by Crippen LogP contribution is -2.54. The predicted octanol–water partition coefficient (Wildman–Crippen LogP) is 5.85. The highest BCUT2D eigenvalue weighted by atomic mass is 35.5. The Bertz CT molecular complexity index is 1900. The Hall–Kier alpha value is -5.25. The van der Waals surface area contributed by atoms with Gasteiger partial charge in [-0.15, -0.1) is 0 Å². The van der Waals surface area contributed by atoms with Gasteiger partial charge in [0.15, 0.2) is 6.10 Å². The lowest BCUT2D eigenvalue weighted by Gasteiger charge is -2.39. The van der Waals surface area contributed by atoms with Crippen molar-refractivity contribution in [3.8, 4) is 0 Å². The maximum Gasteiger partial charge on any atom is 0.418 e. The van der Waals surface area contributed by atoms with Crippen LogP contribution in [0.25, 0.3) is 0 Å². The van der Waals surface area contributed by atoms with Crippen molar-refractivity contribution < 1.29 is 41.8 Å². The quantitative estimate of drug-likeness (QED) is 0.212. The van der Waals surface area contributed by atoms with Gasteiger partial charge >= 0.3 is 24.3 Å². The number of nitrogens with one attached hydrogen (secondary N) is 1. The van der Waals surface area contributed by atoms with Crippen molar-refractivity contribution in [3.05, 3.63) is 82.0 Å². The van der Waals surface area contributed by atoms with Crippen molar-refractivity contribution in [2.45, 2.75) is 64.0 Å². The zero-order chi connectivity index (χ0) is 39.4. The molecule has 0 aliphatic carbocycles. The number of hydrogen-bond acceptors (Lipinski definition) is 9. The van der Waals surface area contributed by atoms with Gasteiger partial charge in [0.1, 0.15) is 5.82 Å². The third-order valence-corrected chi connectivity index (χ3v) is 10.3. The summed E-state index contributed by atoms with van der Waals surface area (Å²) in [5.41, 5.74) is 5.99. The van der Waals surface area contributed by atoms with E-state index in [4.69, 9.17) is 26.8 Å². The number of aromatic nitrogens is 1. The number of hydrogen-bond donors (Lipinski definition) is 2. The molecule has 294 valence electrons. The standard InChI is InChI=1S/C38H43ClF3N7O6/c1-23(2)54-35(51)26-7-8-32(44-22-26)46-15-17-47(18-16-46)34(50)31(21-24-19-28(38(40,41)42)33(43)29(39)20-24)55-37(53)48-12-10-27(11-13-48)49-14-9-25-5-3-4-6-30(25)45-36(49)52/h3-8,19-20,22-23,27,31H,9-18,21,43H2,1-2H3,(H,45,52)/t31-/m1/s1. The van der Waals surface area contributed by atoms with Crippen LogP contribution in [-0.4, -0.2) is 108 Å². The van der Waals surface area contributed by atoms with E-state index >= 15 is 0 Å². The Morgan fingerprint density at radius 3 is 2.33 bits per heavy atom. The number of piperidine rings is 1. The van der Waals surface area contributed by atoms with Gasteiger partial charge in [-0.2, -0.15) is 13.2 Å². The molecule has 0 unspecified atom stereocenters. The molecule has 0 radical (unpaired) electrons. The normalized spacial score (nSPS) is 17.3. The summed E-state index contributed by atoms with van der Waals surface area (Å²) in [4.78, 5) is 64.0. The summed E-state index contributed by atoms with van der Waals surface area (Å²) < 4.78 is 52.6. The van der Waals surface area contributed by atoms with Gasteiger partial charge in [0.25, 0.3) is 5.91 Å². The molecule has 2 aromatic carbocycles. The molecule has 4 heterocycles. The fraction of sp³-hybridized carbons (Fsp3) is 0.447. The number of nitrogens with two attached hydrogens (primary N) is 1. The highest BCUT2D eigenvalue weighted by Gasteiger charge is 2.38. The summed E-state index contributed by atoms with van der Waals surface area (Å²) >= 11 is 6.11. The molecule has 4 amide bonds. The number of alkyl halides is 3. The second kappa shape index (κ2) is 16.6. The van der Waals surface area contributed by atoms with E-state index in [9.17, 15) is 32.3 Å². The number of piperazine rings is 1. The average molecular weight is 786 g/mol. The van der Waals surface area contributed by atoms with Crippen LogP contribution >= 0.6 is 11.6 Å². The Morgan fingerprint density at radius 1 is 0.964 bits per heavy atom. The van der Waals surface area contributed by atoms with Crippen LogP contribution in [0.15, 0.2) is 54.7 Å². The molecule has 2 saturated heterocycles. The highest BCUT2D eigenvalue weighted by molar-refractivity contribution is 6.33. The summed E-state index contributed by atoms with van der Waals surface area (Å²) in [6.07, 6.45) is -4.70. The molecule has 17 heteroatoms. The first-order valence-electron chi connectivity index (χ1n) is 18.1. The Balaban J connectivity index is 1.12. The minimum atomic E-state index is -4.81. The van der Waals surface area contributed by atoms with Crippen molar-refractivity contribution in [1.29, 1.82) is 0 Å². The Kier molecular flexibility index (Phi) is 11.9. The number of ether oxygens (including phenoxy) is 2. The number of esters is 1. The Morgan fingerprint density at radius 2 is 1.67 bits per heavy atom. The van der Waals surface area contributed by atoms with E-state index in [1.807, 2.05) is 29.2 Å². The Labute approximate surface area is 321 Å². The zero-order valence-electron chi connectivity index (χ0n) is 30.5. The van der Waals surface area contributed by atoms with E-state index in [0.29, 0.717) is 50.3 Å². The number of para-hydroxylation sites is 1. The van der Waals surface area contributed by atoms with Crippen molar-refractivity contribution in [2.75, 3.05) is 61.8 Å². The van der Waals surface area contributed by atoms with Gasteiger partial charge in [0.05, 0.1) is 27.9 Å². The largest absolute Gasteiger partial charge is 0.459 e. The van der Waals surface area contributed by atoms with Crippen LogP contribution in [0.1, 0.15) is 53.7 Å². The summed E-state index contributed by atoms with van der Waals surface area (Å²) in [5, 5.41) is 2.63. The second-order valence-electron chi connectivity index (χ2n) is 14.0. The number of carbonyl (C=O) groups excluding carboxylic acids is 4. The minimum Gasteiger partial charge on any atom is -0.459 e. The molecule has 0 bridgehead atoms. The number of rotatable bonds is 8. The fourth-order valence-electron chi connectivity index (χ4n) is 7.05. The van der Waals surface area contributed by atoms with Crippen LogP contribution < -0.4 is 16.0 Å². The smallest absolute Gasteiger partial charge is 0.418 e. The number of fused-ring (bicyclic) bond motifs is 1. The summed E-state index contributed by atoms with van der Waals surface area (Å²) in [6, 6.07) is 12.6. The van der Waals surface area contributed by atoms with Crippen molar-refractivity contribution in [1.82, 2.24) is 19.7 Å². The molecule has 55 heavy (non-hydrogen) atoms. The highest BCUT2D eigenvalue weighted by Crippen LogP contribution is 2.38. The zero-order valence-corrected chi connectivity index (χ0v) is 31.2. The van der Waals surface area contributed by atoms with Crippen molar-refractivity contribution >= 4 is 52.8 Å². The first-order valence-corrected chi connectivity index (χ1v) is 18.5. The van der Waals surface area contributed by atoms with Crippen LogP contribution in [-0.2, 0) is 33.3 Å². The summed E-state index contributed by atoms with van der Waals surface area (Å²) in [7, 11) is 0. The minimum absolute atomic E-state index is 0.0171. The fourth-order valence-corrected chi connectivity index (χ4v) is 7.29. The van der Waals surface area contributed by atoms with Crippen LogP contribution in [0, 0.1) is 0 Å². The first kappa shape index (κ1) is 39.4. The number of nitrogen functional groups attached to an aromatic ring is 1. The lowest BCUT2D eigenvalue weighted by atomic mass is 10.0. The maximum absolute atomic E-state index is 14.0. The molecule has 3 aromatic rings. The molecule has 3 aliphatic heterocycles. The monoisotopic (exact) mass is 785 g/mol. The van der Waals surface area contributed by atoms with E-state index in [1.165, 1.54) is 22.1 Å². The number of likely N-dealkylation sites (tertiary alicyclic amines) is 1. The van der Waals surface area contributed by atoms with Crippen LogP contribution in [0.5, 0.6) is 0 Å². The number of amides is 4. The van der Waals surface area contributed by atoms with Gasteiger partial charge in [-0.3, -0.25) is 4.79 Å². The molecule has 3 N–H and O–H groups in total. The molecule has 1 aromatic heterocycles. The number of nitrogens with zero attached hydrogens (tertiary/aromatic N) is 5. The van der Waals surface area contributed by atoms with Gasteiger partial charge in [0, 0.05) is 70.2 Å². The number of anilines is 3. The second-order valence-corrected chi connectivity index (χ2v) is 14.4. The maximum atomic E-state index is 14.0. The summed E-state index contributed by atoms with van der Waals surface area (Å²) in [5.74, 6) is -0.488. The number of urea groups is 1. The van der Waals surface area contributed by atoms with Gasteiger partial charge < -0.3 is 40.1 Å².